The highest BCUT2D eigenvalue weighted by molar-refractivity contribution is 14.1. The minimum Gasteiger partial charge on any atom is -0.334 e. The zero-order valence-electron chi connectivity index (χ0n) is 7.91. The highest BCUT2D eigenvalue weighted by atomic mass is 127. The Morgan fingerprint density at radius 1 is 1.29 bits per heavy atom. The highest BCUT2D eigenvalue weighted by Gasteiger charge is 2.09. The molecular weight excluding hydrogens is 291 g/mol. The van der Waals surface area contributed by atoms with Crippen molar-refractivity contribution in [2.75, 3.05) is 0 Å². The maximum absolute atomic E-state index is 5.12. The number of aromatic nitrogens is 2. The molecule has 0 fully saturated rings. The van der Waals surface area contributed by atoms with Crippen LogP contribution in [-0.4, -0.2) is 10.1 Å². The fourth-order valence-corrected chi connectivity index (χ4v) is 1.78. The van der Waals surface area contributed by atoms with E-state index in [2.05, 4.69) is 44.9 Å². The molecule has 0 unspecified atom stereocenters. The van der Waals surface area contributed by atoms with Crippen LogP contribution in [0.25, 0.3) is 11.5 Å². The van der Waals surface area contributed by atoms with Crippen molar-refractivity contribution in [3.8, 4) is 11.5 Å². The third-order valence-electron chi connectivity index (χ3n) is 1.88. The predicted octanol–water partition coefficient (Wildman–Crippen LogP) is 2.96. The van der Waals surface area contributed by atoms with Gasteiger partial charge in [0.25, 0.3) is 5.89 Å². The average Bonchev–Trinajstić information content (AvgIpc) is 2.56. The van der Waals surface area contributed by atoms with Crippen LogP contribution in [0.1, 0.15) is 11.4 Å². The van der Waals surface area contributed by atoms with Crippen LogP contribution in [0.15, 0.2) is 22.7 Å². The summed E-state index contributed by atoms with van der Waals surface area (Å²) in [6.45, 7) is 3.86. The normalized spacial score (nSPS) is 10.5. The minimum absolute atomic E-state index is 0.593. The summed E-state index contributed by atoms with van der Waals surface area (Å²) in [6, 6.07) is 6.16. The number of rotatable bonds is 1. The molecule has 0 spiro atoms. The largest absolute Gasteiger partial charge is 0.334 e. The molecule has 0 bridgehead atoms. The molecule has 72 valence electrons. The summed E-state index contributed by atoms with van der Waals surface area (Å²) in [5.41, 5.74) is 2.20. The molecule has 1 aromatic heterocycles. The van der Waals surface area contributed by atoms with Crippen LogP contribution in [0.5, 0.6) is 0 Å². The zero-order valence-corrected chi connectivity index (χ0v) is 10.1. The van der Waals surface area contributed by atoms with Gasteiger partial charge in [-0.15, -0.1) is 0 Å². The first-order valence-electron chi connectivity index (χ1n) is 4.23. The van der Waals surface area contributed by atoms with E-state index in [1.54, 1.807) is 0 Å². The number of benzene rings is 1. The van der Waals surface area contributed by atoms with Crippen LogP contribution in [-0.2, 0) is 0 Å². The lowest BCUT2D eigenvalue weighted by molar-refractivity contribution is 0.425. The molecule has 0 N–H and O–H groups in total. The summed E-state index contributed by atoms with van der Waals surface area (Å²) in [4.78, 5) is 4.20. The van der Waals surface area contributed by atoms with Crippen LogP contribution < -0.4 is 0 Å². The lowest BCUT2D eigenvalue weighted by Crippen LogP contribution is -1.84. The van der Waals surface area contributed by atoms with E-state index in [1.807, 2.05) is 19.9 Å². The van der Waals surface area contributed by atoms with Gasteiger partial charge in [-0.1, -0.05) is 16.8 Å². The van der Waals surface area contributed by atoms with Crippen molar-refractivity contribution in [1.82, 2.24) is 10.1 Å². The Bertz CT molecular complexity index is 465. The second-order valence-corrected chi connectivity index (χ2v) is 4.29. The van der Waals surface area contributed by atoms with Gasteiger partial charge >= 0.3 is 0 Å². The molecule has 0 amide bonds. The van der Waals surface area contributed by atoms with Gasteiger partial charge in [0.1, 0.15) is 0 Å². The van der Waals surface area contributed by atoms with Crippen LogP contribution in [0, 0.1) is 17.4 Å². The monoisotopic (exact) mass is 300 g/mol. The molecule has 0 saturated heterocycles. The van der Waals surface area contributed by atoms with Crippen LogP contribution in [0.4, 0.5) is 0 Å². The van der Waals surface area contributed by atoms with Gasteiger partial charge in [-0.3, -0.25) is 0 Å². The van der Waals surface area contributed by atoms with Gasteiger partial charge in [0, 0.05) is 3.57 Å². The summed E-state index contributed by atoms with van der Waals surface area (Å²) >= 11 is 2.26. The lowest BCUT2D eigenvalue weighted by Gasteiger charge is -1.99. The second-order valence-electron chi connectivity index (χ2n) is 3.13. The van der Waals surface area contributed by atoms with Gasteiger partial charge in [-0.05, 0) is 48.6 Å². The predicted molar refractivity (Wildman–Crippen MR) is 61.9 cm³/mol. The fraction of sp³-hybridized carbons (Fsp3) is 0.200. The molecule has 0 aliphatic rings. The molecule has 3 nitrogen and oxygen atoms in total. The quantitative estimate of drug-likeness (QED) is 0.760. The van der Waals surface area contributed by atoms with E-state index in [0.717, 1.165) is 9.13 Å². The smallest absolute Gasteiger partial charge is 0.258 e. The number of halogens is 1. The molecule has 0 atom stereocenters. The van der Waals surface area contributed by atoms with Crippen LogP contribution in [0.3, 0.4) is 0 Å². The van der Waals surface area contributed by atoms with Crippen molar-refractivity contribution < 1.29 is 4.52 Å². The Kier molecular flexibility index (Phi) is 2.54. The number of aryl methyl sites for hydroxylation is 2. The average molecular weight is 300 g/mol. The van der Waals surface area contributed by atoms with Crippen molar-refractivity contribution in [2.45, 2.75) is 13.8 Å². The first kappa shape index (κ1) is 9.64. The molecular formula is C10H9IN2O. The topological polar surface area (TPSA) is 38.9 Å². The maximum Gasteiger partial charge on any atom is 0.258 e. The molecule has 0 radical (unpaired) electrons. The van der Waals surface area contributed by atoms with E-state index in [4.69, 9.17) is 4.52 Å². The van der Waals surface area contributed by atoms with E-state index < -0.39 is 0 Å². The van der Waals surface area contributed by atoms with E-state index in [0.29, 0.717) is 11.7 Å². The number of hydrogen-bond acceptors (Lipinski definition) is 3. The second kappa shape index (κ2) is 3.68. The molecule has 14 heavy (non-hydrogen) atoms. The Morgan fingerprint density at radius 3 is 2.71 bits per heavy atom. The number of hydrogen-bond donors (Lipinski definition) is 0. The van der Waals surface area contributed by atoms with Crippen molar-refractivity contribution in [3.63, 3.8) is 0 Å². The van der Waals surface area contributed by atoms with E-state index >= 15 is 0 Å². The third-order valence-corrected chi connectivity index (χ3v) is 2.82. The SMILES string of the molecule is Cc1ccc(I)c(-c2nc(C)no2)c1. The van der Waals surface area contributed by atoms with Gasteiger partial charge in [0.05, 0.1) is 5.56 Å². The minimum atomic E-state index is 0.593. The molecule has 4 heteroatoms. The Morgan fingerprint density at radius 2 is 2.07 bits per heavy atom. The van der Waals surface area contributed by atoms with Gasteiger partial charge in [0.2, 0.25) is 0 Å². The molecule has 2 aromatic rings. The van der Waals surface area contributed by atoms with Crippen molar-refractivity contribution in [2.24, 2.45) is 0 Å². The molecule has 2 rings (SSSR count). The van der Waals surface area contributed by atoms with E-state index in [9.17, 15) is 0 Å². The Labute approximate surface area is 95.7 Å². The molecule has 1 heterocycles. The maximum atomic E-state index is 5.12. The van der Waals surface area contributed by atoms with Crippen molar-refractivity contribution in [1.29, 1.82) is 0 Å². The molecule has 0 aliphatic heterocycles. The first-order chi connectivity index (χ1) is 6.66. The number of nitrogens with zero attached hydrogens (tertiary/aromatic N) is 2. The van der Waals surface area contributed by atoms with Crippen molar-refractivity contribution >= 4 is 22.6 Å². The lowest BCUT2D eigenvalue weighted by atomic mass is 10.1. The summed E-state index contributed by atoms with van der Waals surface area (Å²) in [7, 11) is 0. The summed E-state index contributed by atoms with van der Waals surface area (Å²) in [5, 5.41) is 3.77. The van der Waals surface area contributed by atoms with Gasteiger partial charge in [-0.25, -0.2) is 0 Å². The first-order valence-corrected chi connectivity index (χ1v) is 5.31. The summed E-state index contributed by atoms with van der Waals surface area (Å²) in [5.74, 6) is 1.26. The van der Waals surface area contributed by atoms with Crippen molar-refractivity contribution in [3.05, 3.63) is 33.2 Å². The standard InChI is InChI=1S/C10H9IN2O/c1-6-3-4-9(11)8(5-6)10-12-7(2)13-14-10/h3-5H,1-2H3. The van der Waals surface area contributed by atoms with E-state index in [1.165, 1.54) is 5.56 Å². The highest BCUT2D eigenvalue weighted by Crippen LogP contribution is 2.24. The fourth-order valence-electron chi connectivity index (χ4n) is 1.21. The Balaban J connectivity index is 2.55. The molecule has 1 aromatic carbocycles. The van der Waals surface area contributed by atoms with Gasteiger partial charge < -0.3 is 4.52 Å². The van der Waals surface area contributed by atoms with Crippen LogP contribution >= 0.6 is 22.6 Å². The van der Waals surface area contributed by atoms with Gasteiger partial charge in [0.15, 0.2) is 5.82 Å². The zero-order chi connectivity index (χ0) is 10.1. The van der Waals surface area contributed by atoms with Gasteiger partial charge in [-0.2, -0.15) is 4.98 Å². The van der Waals surface area contributed by atoms with E-state index in [-0.39, 0.29) is 0 Å². The summed E-state index contributed by atoms with van der Waals surface area (Å²) in [6.07, 6.45) is 0. The Hall–Kier alpha value is -0.910. The third kappa shape index (κ3) is 1.79. The molecule has 0 aliphatic carbocycles. The van der Waals surface area contributed by atoms with Crippen LogP contribution in [0.2, 0.25) is 0 Å². The summed E-state index contributed by atoms with van der Waals surface area (Å²) < 4.78 is 6.24. The molecule has 0 saturated carbocycles.